The number of thioether (sulfide) groups is 1. The molecular weight excluding hydrogens is 546 g/mol. The standard InChI is InChI=1S/C30H29N3O7S/c1-4-39-28(34)26-20(2)31-29(41-19-22-13-15-25(38-3)16-14-22)32(30(35)40-18-21-9-6-5-7-10-21)27(26)23-11-8-12-24(17-23)33(36)37/h5-17,27H,4,18-19H2,1-3H3. The Morgan fingerprint density at radius 2 is 1.73 bits per heavy atom. The molecule has 0 aromatic heterocycles. The Morgan fingerprint density at radius 1 is 1.00 bits per heavy atom. The van der Waals surface area contributed by atoms with E-state index in [2.05, 4.69) is 4.99 Å². The summed E-state index contributed by atoms with van der Waals surface area (Å²) in [5.74, 6) is 0.475. The van der Waals surface area contributed by atoms with Crippen molar-refractivity contribution in [1.82, 2.24) is 4.90 Å². The van der Waals surface area contributed by atoms with Crippen LogP contribution in [0.5, 0.6) is 5.75 Å². The Hall–Kier alpha value is -4.64. The first-order chi connectivity index (χ1) is 19.8. The van der Waals surface area contributed by atoms with Crippen LogP contribution < -0.4 is 4.74 Å². The lowest BCUT2D eigenvalue weighted by Crippen LogP contribution is -2.43. The summed E-state index contributed by atoms with van der Waals surface area (Å²) >= 11 is 1.28. The summed E-state index contributed by atoms with van der Waals surface area (Å²) in [6.07, 6.45) is -0.763. The van der Waals surface area contributed by atoms with Crippen LogP contribution in [-0.2, 0) is 26.6 Å². The molecule has 0 bridgehead atoms. The minimum Gasteiger partial charge on any atom is -0.497 e. The van der Waals surface area contributed by atoms with Crippen LogP contribution in [0.3, 0.4) is 0 Å². The molecule has 10 nitrogen and oxygen atoms in total. The molecule has 0 radical (unpaired) electrons. The number of allylic oxidation sites excluding steroid dienone is 1. The van der Waals surface area contributed by atoms with Crippen molar-refractivity contribution >= 4 is 34.7 Å². The number of nitro benzene ring substituents is 1. The number of nitrogens with zero attached hydrogens (tertiary/aromatic N) is 3. The second-order valence-corrected chi connectivity index (χ2v) is 9.86. The molecule has 0 aliphatic carbocycles. The lowest BCUT2D eigenvalue weighted by atomic mass is 9.94. The lowest BCUT2D eigenvalue weighted by molar-refractivity contribution is -0.384. The number of methoxy groups -OCH3 is 1. The van der Waals surface area contributed by atoms with E-state index in [0.717, 1.165) is 11.1 Å². The fraction of sp³-hybridized carbons (Fsp3) is 0.233. The summed E-state index contributed by atoms with van der Waals surface area (Å²) in [7, 11) is 1.59. The zero-order valence-electron chi connectivity index (χ0n) is 22.8. The fourth-order valence-corrected chi connectivity index (χ4v) is 5.24. The highest BCUT2D eigenvalue weighted by atomic mass is 32.2. The smallest absolute Gasteiger partial charge is 0.417 e. The van der Waals surface area contributed by atoms with Crippen LogP contribution in [0.4, 0.5) is 10.5 Å². The average molecular weight is 576 g/mol. The summed E-state index contributed by atoms with van der Waals surface area (Å²) in [5, 5.41) is 11.9. The van der Waals surface area contributed by atoms with E-state index in [1.165, 1.54) is 34.9 Å². The third kappa shape index (κ3) is 7.12. The zero-order valence-corrected chi connectivity index (χ0v) is 23.6. The van der Waals surface area contributed by atoms with Gasteiger partial charge in [-0.3, -0.25) is 10.1 Å². The number of hydrogen-bond acceptors (Lipinski definition) is 9. The van der Waals surface area contributed by atoms with Gasteiger partial charge in [-0.15, -0.1) is 0 Å². The number of benzene rings is 3. The van der Waals surface area contributed by atoms with Crippen LogP contribution in [0.25, 0.3) is 0 Å². The Labute approximate surface area is 241 Å². The van der Waals surface area contributed by atoms with E-state index in [-0.39, 0.29) is 29.6 Å². The van der Waals surface area contributed by atoms with Crippen LogP contribution in [0.2, 0.25) is 0 Å². The maximum atomic E-state index is 13.8. The van der Waals surface area contributed by atoms with Crippen molar-refractivity contribution in [3.63, 3.8) is 0 Å². The molecular formula is C30H29N3O7S. The number of carbonyl (C=O) groups is 2. The first-order valence-corrected chi connectivity index (χ1v) is 13.8. The van der Waals surface area contributed by atoms with Gasteiger partial charge in [0, 0.05) is 17.9 Å². The molecule has 11 heteroatoms. The summed E-state index contributed by atoms with van der Waals surface area (Å²) < 4.78 is 16.3. The molecule has 41 heavy (non-hydrogen) atoms. The molecule has 1 amide bonds. The third-order valence-electron chi connectivity index (χ3n) is 6.21. The van der Waals surface area contributed by atoms with Gasteiger partial charge in [-0.2, -0.15) is 0 Å². The monoisotopic (exact) mass is 575 g/mol. The number of aliphatic imine (C=N–C) groups is 1. The zero-order chi connectivity index (χ0) is 29.4. The van der Waals surface area contributed by atoms with Gasteiger partial charge in [0.1, 0.15) is 18.4 Å². The van der Waals surface area contributed by atoms with E-state index in [0.29, 0.717) is 22.8 Å². The first-order valence-electron chi connectivity index (χ1n) is 12.8. The van der Waals surface area contributed by atoms with Crippen molar-refractivity contribution in [2.75, 3.05) is 13.7 Å². The highest BCUT2D eigenvalue weighted by Crippen LogP contribution is 2.40. The molecule has 0 N–H and O–H groups in total. The van der Waals surface area contributed by atoms with E-state index < -0.39 is 23.0 Å². The van der Waals surface area contributed by atoms with Crippen LogP contribution in [-0.4, -0.2) is 40.8 Å². The van der Waals surface area contributed by atoms with E-state index in [9.17, 15) is 19.7 Å². The van der Waals surface area contributed by atoms with Gasteiger partial charge in [-0.25, -0.2) is 19.5 Å². The number of rotatable bonds is 9. The van der Waals surface area contributed by atoms with Gasteiger partial charge >= 0.3 is 12.1 Å². The minimum absolute atomic E-state index is 0.0221. The molecule has 0 saturated heterocycles. The number of ether oxygens (including phenoxy) is 3. The first kappa shape index (κ1) is 29.3. The summed E-state index contributed by atoms with van der Waals surface area (Å²) in [6.45, 7) is 3.39. The Kier molecular flexibility index (Phi) is 9.75. The molecule has 1 aliphatic rings. The molecule has 3 aromatic rings. The molecule has 0 spiro atoms. The number of carbonyl (C=O) groups excluding carboxylic acids is 2. The molecule has 0 fully saturated rings. The van der Waals surface area contributed by atoms with Crippen LogP contribution >= 0.6 is 11.8 Å². The quantitative estimate of drug-likeness (QED) is 0.163. The lowest BCUT2D eigenvalue weighted by Gasteiger charge is -2.36. The van der Waals surface area contributed by atoms with Gasteiger partial charge in [0.25, 0.3) is 5.69 Å². The van der Waals surface area contributed by atoms with Crippen LogP contribution in [0.15, 0.2) is 95.1 Å². The molecule has 3 aromatic carbocycles. The number of hydrogen-bond donors (Lipinski definition) is 0. The van der Waals surface area contributed by atoms with E-state index in [1.807, 2.05) is 54.6 Å². The third-order valence-corrected chi connectivity index (χ3v) is 7.24. The molecule has 1 heterocycles. The molecule has 212 valence electrons. The van der Waals surface area contributed by atoms with E-state index in [4.69, 9.17) is 14.2 Å². The number of amidine groups is 1. The predicted octanol–water partition coefficient (Wildman–Crippen LogP) is 6.42. The Bertz CT molecular complexity index is 1470. The number of non-ortho nitro benzene ring substituents is 1. The average Bonchev–Trinajstić information content (AvgIpc) is 2.99. The summed E-state index contributed by atoms with van der Waals surface area (Å²) in [6, 6.07) is 21.4. The van der Waals surface area contributed by atoms with Crippen molar-refractivity contribution in [2.45, 2.75) is 32.2 Å². The normalized spacial score (nSPS) is 14.8. The molecule has 1 unspecified atom stereocenters. The minimum atomic E-state index is -1.08. The molecule has 0 saturated carbocycles. The SMILES string of the molecule is CCOC(=O)C1=C(C)N=C(SCc2ccc(OC)cc2)N(C(=O)OCc2ccccc2)C1c1cccc([N+](=O)[O-])c1. The van der Waals surface area contributed by atoms with Crippen molar-refractivity contribution in [3.05, 3.63) is 117 Å². The molecule has 1 atom stereocenters. The maximum absolute atomic E-state index is 13.8. The number of amides is 1. The van der Waals surface area contributed by atoms with Crippen LogP contribution in [0, 0.1) is 10.1 Å². The van der Waals surface area contributed by atoms with Gasteiger partial charge in [0.2, 0.25) is 0 Å². The van der Waals surface area contributed by atoms with Gasteiger partial charge in [0.15, 0.2) is 5.17 Å². The van der Waals surface area contributed by atoms with Crippen molar-refractivity contribution in [3.8, 4) is 5.75 Å². The number of nitro groups is 1. The van der Waals surface area contributed by atoms with Crippen molar-refractivity contribution in [2.24, 2.45) is 4.99 Å². The van der Waals surface area contributed by atoms with Gasteiger partial charge < -0.3 is 14.2 Å². The number of esters is 1. The van der Waals surface area contributed by atoms with E-state index in [1.54, 1.807) is 27.0 Å². The fourth-order valence-electron chi connectivity index (χ4n) is 4.23. The highest BCUT2D eigenvalue weighted by Gasteiger charge is 2.41. The second-order valence-electron chi connectivity index (χ2n) is 8.92. The summed E-state index contributed by atoms with van der Waals surface area (Å²) in [4.78, 5) is 44.0. The second kappa shape index (κ2) is 13.6. The van der Waals surface area contributed by atoms with Crippen molar-refractivity contribution in [1.29, 1.82) is 0 Å². The van der Waals surface area contributed by atoms with Gasteiger partial charge in [0.05, 0.1) is 29.9 Å². The van der Waals surface area contributed by atoms with Gasteiger partial charge in [-0.1, -0.05) is 66.4 Å². The highest BCUT2D eigenvalue weighted by molar-refractivity contribution is 8.13. The molecule has 1 aliphatic heterocycles. The Morgan fingerprint density at radius 3 is 2.39 bits per heavy atom. The van der Waals surface area contributed by atoms with E-state index >= 15 is 0 Å². The van der Waals surface area contributed by atoms with Crippen molar-refractivity contribution < 1.29 is 28.7 Å². The largest absolute Gasteiger partial charge is 0.497 e. The van der Waals surface area contributed by atoms with Crippen LogP contribution in [0.1, 0.15) is 36.6 Å². The maximum Gasteiger partial charge on any atom is 0.417 e. The Balaban J connectivity index is 1.77. The topological polar surface area (TPSA) is 121 Å². The summed E-state index contributed by atoms with van der Waals surface area (Å²) in [5.41, 5.74) is 2.31. The predicted molar refractivity (Wildman–Crippen MR) is 155 cm³/mol. The van der Waals surface area contributed by atoms with Gasteiger partial charge in [-0.05, 0) is 42.7 Å². The molecule has 4 rings (SSSR count).